The van der Waals surface area contributed by atoms with Gasteiger partial charge in [0.05, 0.1) is 0 Å². The van der Waals surface area contributed by atoms with E-state index in [1.54, 1.807) is 0 Å². The highest BCUT2D eigenvalue weighted by atomic mass is 14.6. The molecule has 1 rings (SSSR count). The van der Waals surface area contributed by atoms with E-state index >= 15 is 0 Å². The molecule has 72 valence electrons. The summed E-state index contributed by atoms with van der Waals surface area (Å²) in [7, 11) is 0. The third kappa shape index (κ3) is 2.55. The molecule has 0 spiro atoms. The maximum absolute atomic E-state index is 4.04. The number of rotatable bonds is 2. The summed E-state index contributed by atoms with van der Waals surface area (Å²) in [4.78, 5) is 4.04. The Bertz CT molecular complexity index is 246. The smallest absolute Gasteiger partial charge is 0.0270 e. The van der Waals surface area contributed by atoms with E-state index in [-0.39, 0.29) is 0 Å². The lowest BCUT2D eigenvalue weighted by atomic mass is 9.75. The van der Waals surface area contributed by atoms with Gasteiger partial charge in [0.2, 0.25) is 0 Å². The summed E-state index contributed by atoms with van der Waals surface area (Å²) in [5.74, 6) is 0.635. The van der Waals surface area contributed by atoms with Crippen LogP contribution < -0.4 is 0 Å². The predicted molar refractivity (Wildman–Crippen MR) is 56.7 cm³/mol. The second kappa shape index (κ2) is 3.91. The number of aromatic nitrogens is 1. The normalized spacial score (nSPS) is 14.2. The van der Waals surface area contributed by atoms with E-state index in [0.717, 1.165) is 0 Å². The SMILES string of the molecule is CCC(c1ccncc1)C(C)(C)C. The number of hydrogen-bond acceptors (Lipinski definition) is 1. The Morgan fingerprint density at radius 2 is 1.77 bits per heavy atom. The number of hydrogen-bond donors (Lipinski definition) is 0. The van der Waals surface area contributed by atoms with E-state index < -0.39 is 0 Å². The Morgan fingerprint density at radius 1 is 1.23 bits per heavy atom. The average molecular weight is 177 g/mol. The van der Waals surface area contributed by atoms with Gasteiger partial charge in [0, 0.05) is 12.4 Å². The summed E-state index contributed by atoms with van der Waals surface area (Å²) in [6.45, 7) is 9.13. The largest absolute Gasteiger partial charge is 0.265 e. The van der Waals surface area contributed by atoms with Gasteiger partial charge in [0.1, 0.15) is 0 Å². The lowest BCUT2D eigenvalue weighted by molar-refractivity contribution is 0.312. The molecule has 1 atom stereocenters. The highest BCUT2D eigenvalue weighted by molar-refractivity contribution is 5.17. The van der Waals surface area contributed by atoms with Crippen molar-refractivity contribution in [3.05, 3.63) is 30.1 Å². The molecule has 0 bridgehead atoms. The summed E-state index contributed by atoms with van der Waals surface area (Å²) in [5.41, 5.74) is 1.75. The molecule has 0 saturated carbocycles. The highest BCUT2D eigenvalue weighted by Gasteiger charge is 2.23. The third-order valence-corrected chi connectivity index (χ3v) is 2.56. The van der Waals surface area contributed by atoms with Gasteiger partial charge >= 0.3 is 0 Å². The molecule has 0 aliphatic carbocycles. The van der Waals surface area contributed by atoms with Crippen LogP contribution in [0.1, 0.15) is 45.6 Å². The van der Waals surface area contributed by atoms with E-state index in [9.17, 15) is 0 Å². The lowest BCUT2D eigenvalue weighted by Gasteiger charge is -2.30. The molecule has 0 aliphatic rings. The van der Waals surface area contributed by atoms with Crippen LogP contribution in [0.4, 0.5) is 0 Å². The van der Waals surface area contributed by atoms with Crippen LogP contribution in [0.5, 0.6) is 0 Å². The van der Waals surface area contributed by atoms with Crippen molar-refractivity contribution in [3.63, 3.8) is 0 Å². The van der Waals surface area contributed by atoms with Crippen LogP contribution in [-0.4, -0.2) is 4.98 Å². The molecule has 1 heterocycles. The van der Waals surface area contributed by atoms with Gasteiger partial charge in [-0.1, -0.05) is 27.7 Å². The fourth-order valence-corrected chi connectivity index (χ4v) is 1.94. The van der Waals surface area contributed by atoms with E-state index in [2.05, 4.69) is 44.8 Å². The summed E-state index contributed by atoms with van der Waals surface area (Å²) < 4.78 is 0. The average Bonchev–Trinajstić information content (AvgIpc) is 2.05. The second-order valence-corrected chi connectivity index (χ2v) is 4.61. The molecule has 1 aromatic rings. The third-order valence-electron chi connectivity index (χ3n) is 2.56. The maximum Gasteiger partial charge on any atom is 0.0270 e. The molecule has 1 unspecified atom stereocenters. The quantitative estimate of drug-likeness (QED) is 0.672. The van der Waals surface area contributed by atoms with Crippen LogP contribution >= 0.6 is 0 Å². The molecule has 0 radical (unpaired) electrons. The zero-order valence-electron chi connectivity index (χ0n) is 9.04. The Kier molecular flexibility index (Phi) is 3.07. The van der Waals surface area contributed by atoms with Gasteiger partial charge in [-0.3, -0.25) is 4.98 Å². The first-order chi connectivity index (χ1) is 6.05. The van der Waals surface area contributed by atoms with Gasteiger partial charge in [-0.25, -0.2) is 0 Å². The molecule has 0 N–H and O–H groups in total. The topological polar surface area (TPSA) is 12.9 Å². The van der Waals surface area contributed by atoms with Crippen LogP contribution in [0.2, 0.25) is 0 Å². The minimum Gasteiger partial charge on any atom is -0.265 e. The van der Waals surface area contributed by atoms with Gasteiger partial charge in [0.25, 0.3) is 0 Å². The van der Waals surface area contributed by atoms with Crippen molar-refractivity contribution in [1.82, 2.24) is 4.98 Å². The van der Waals surface area contributed by atoms with Crippen LogP contribution in [0.3, 0.4) is 0 Å². The summed E-state index contributed by atoms with van der Waals surface area (Å²) in [6.07, 6.45) is 4.95. The van der Waals surface area contributed by atoms with Crippen molar-refractivity contribution in [1.29, 1.82) is 0 Å². The van der Waals surface area contributed by atoms with Gasteiger partial charge in [0.15, 0.2) is 0 Å². The molecular weight excluding hydrogens is 158 g/mol. The molecule has 1 aromatic heterocycles. The van der Waals surface area contributed by atoms with Gasteiger partial charge in [-0.05, 0) is 35.4 Å². The summed E-state index contributed by atoms with van der Waals surface area (Å²) in [5, 5.41) is 0. The van der Waals surface area contributed by atoms with E-state index in [1.165, 1.54) is 12.0 Å². The van der Waals surface area contributed by atoms with Crippen LogP contribution in [0, 0.1) is 5.41 Å². The molecule has 0 saturated heterocycles. The first-order valence-electron chi connectivity index (χ1n) is 4.95. The van der Waals surface area contributed by atoms with Crippen molar-refractivity contribution < 1.29 is 0 Å². The van der Waals surface area contributed by atoms with Crippen molar-refractivity contribution in [2.45, 2.75) is 40.0 Å². The molecule has 13 heavy (non-hydrogen) atoms. The minimum atomic E-state index is 0.343. The van der Waals surface area contributed by atoms with Crippen molar-refractivity contribution in [2.75, 3.05) is 0 Å². The first kappa shape index (κ1) is 10.2. The van der Waals surface area contributed by atoms with E-state index in [0.29, 0.717) is 11.3 Å². The van der Waals surface area contributed by atoms with Crippen molar-refractivity contribution >= 4 is 0 Å². The Labute approximate surface area is 81.2 Å². The highest BCUT2D eigenvalue weighted by Crippen LogP contribution is 2.36. The van der Waals surface area contributed by atoms with Crippen LogP contribution in [0.15, 0.2) is 24.5 Å². The summed E-state index contributed by atoms with van der Waals surface area (Å²) in [6, 6.07) is 4.25. The number of pyridine rings is 1. The predicted octanol–water partition coefficient (Wildman–Crippen LogP) is 3.62. The molecular formula is C12H19N. The zero-order chi connectivity index (χ0) is 9.90. The van der Waals surface area contributed by atoms with Crippen LogP contribution in [0.25, 0.3) is 0 Å². The Morgan fingerprint density at radius 3 is 2.15 bits per heavy atom. The van der Waals surface area contributed by atoms with Crippen LogP contribution in [-0.2, 0) is 0 Å². The fraction of sp³-hybridized carbons (Fsp3) is 0.583. The van der Waals surface area contributed by atoms with Crippen molar-refractivity contribution in [3.8, 4) is 0 Å². The fourth-order valence-electron chi connectivity index (χ4n) is 1.94. The molecule has 1 heteroatoms. The first-order valence-corrected chi connectivity index (χ1v) is 4.95. The maximum atomic E-state index is 4.04. The molecule has 0 aromatic carbocycles. The van der Waals surface area contributed by atoms with E-state index in [1.807, 2.05) is 12.4 Å². The second-order valence-electron chi connectivity index (χ2n) is 4.61. The Hall–Kier alpha value is -0.850. The molecule has 0 aliphatic heterocycles. The molecule has 0 fully saturated rings. The van der Waals surface area contributed by atoms with Gasteiger partial charge in [-0.2, -0.15) is 0 Å². The van der Waals surface area contributed by atoms with Gasteiger partial charge < -0.3 is 0 Å². The minimum absolute atomic E-state index is 0.343. The molecule has 0 amide bonds. The lowest BCUT2D eigenvalue weighted by Crippen LogP contribution is -2.17. The van der Waals surface area contributed by atoms with Crippen molar-refractivity contribution in [2.24, 2.45) is 5.41 Å². The Balaban J connectivity index is 2.92. The summed E-state index contributed by atoms with van der Waals surface area (Å²) >= 11 is 0. The standard InChI is InChI=1S/C12H19N/c1-5-11(12(2,3)4)10-6-8-13-9-7-10/h6-9,11H,5H2,1-4H3. The zero-order valence-corrected chi connectivity index (χ0v) is 9.04. The van der Waals surface area contributed by atoms with E-state index in [4.69, 9.17) is 0 Å². The number of nitrogens with zero attached hydrogens (tertiary/aromatic N) is 1. The monoisotopic (exact) mass is 177 g/mol. The van der Waals surface area contributed by atoms with Gasteiger partial charge in [-0.15, -0.1) is 0 Å². The molecule has 1 nitrogen and oxygen atoms in total.